The molecule has 170 valence electrons. The van der Waals surface area contributed by atoms with Crippen molar-refractivity contribution in [1.82, 2.24) is 10.2 Å². The number of nitrogens with zero attached hydrogens (tertiary/aromatic N) is 1. The molecule has 0 radical (unpaired) electrons. The zero-order valence-electron chi connectivity index (χ0n) is 18.6. The number of benzene rings is 2. The van der Waals surface area contributed by atoms with Crippen molar-refractivity contribution in [3.05, 3.63) is 70.7 Å². The van der Waals surface area contributed by atoms with Crippen LogP contribution in [0.25, 0.3) is 0 Å². The van der Waals surface area contributed by atoms with Crippen LogP contribution in [0.1, 0.15) is 55.6 Å². The normalized spacial score (nSPS) is 27.9. The molecule has 0 unspecified atom stereocenters. The lowest BCUT2D eigenvalue weighted by Crippen LogP contribution is -2.54. The molecule has 3 fully saturated rings. The number of ether oxygens (including phenoxy) is 1. The van der Waals surface area contributed by atoms with Gasteiger partial charge in [0.05, 0.1) is 5.41 Å². The highest BCUT2D eigenvalue weighted by molar-refractivity contribution is 6.30. The van der Waals surface area contributed by atoms with Gasteiger partial charge in [-0.15, -0.1) is 0 Å². The quantitative estimate of drug-likeness (QED) is 0.719. The van der Waals surface area contributed by atoms with Crippen molar-refractivity contribution in [2.24, 2.45) is 0 Å². The van der Waals surface area contributed by atoms with Gasteiger partial charge in [0, 0.05) is 42.8 Å². The molecule has 32 heavy (non-hydrogen) atoms. The fraction of sp³-hybridized carbons (Fsp3) is 0.519. The first-order valence-corrected chi connectivity index (χ1v) is 12.5. The van der Waals surface area contributed by atoms with E-state index in [-0.39, 0.29) is 11.9 Å². The molecular weight excluding hydrogens is 420 g/mol. The fourth-order valence-electron chi connectivity index (χ4n) is 6.10. The van der Waals surface area contributed by atoms with Crippen molar-refractivity contribution in [3.8, 4) is 0 Å². The van der Waals surface area contributed by atoms with E-state index in [4.69, 9.17) is 16.3 Å². The third-order valence-corrected chi connectivity index (χ3v) is 8.09. The summed E-state index contributed by atoms with van der Waals surface area (Å²) in [6.45, 7) is 3.05. The molecule has 1 N–H and O–H groups in total. The molecule has 3 aliphatic heterocycles. The molecule has 3 atom stereocenters. The summed E-state index contributed by atoms with van der Waals surface area (Å²) in [6, 6.07) is 19.2. The van der Waals surface area contributed by atoms with E-state index in [1.165, 1.54) is 24.8 Å². The highest BCUT2D eigenvalue weighted by Crippen LogP contribution is 2.42. The van der Waals surface area contributed by atoms with Crippen LogP contribution in [0.5, 0.6) is 0 Å². The number of likely N-dealkylation sites (tertiary alicyclic amines) is 1. The summed E-state index contributed by atoms with van der Waals surface area (Å²) in [6.07, 6.45) is 6.15. The Bertz CT molecular complexity index is 911. The number of amides is 1. The van der Waals surface area contributed by atoms with Gasteiger partial charge in [-0.05, 0) is 55.5 Å². The lowest BCUT2D eigenvalue weighted by atomic mass is 9.72. The number of carbonyl (C=O) groups excluding carboxylic acids is 1. The lowest BCUT2D eigenvalue weighted by Gasteiger charge is -2.41. The van der Waals surface area contributed by atoms with Crippen LogP contribution in [0, 0.1) is 0 Å². The second-order valence-corrected chi connectivity index (χ2v) is 10.0. The van der Waals surface area contributed by atoms with Crippen LogP contribution in [-0.4, -0.2) is 49.2 Å². The van der Waals surface area contributed by atoms with E-state index in [1.54, 1.807) is 0 Å². The van der Waals surface area contributed by atoms with Crippen LogP contribution in [0.3, 0.4) is 0 Å². The van der Waals surface area contributed by atoms with Gasteiger partial charge in [0.1, 0.15) is 0 Å². The second-order valence-electron chi connectivity index (χ2n) is 9.57. The van der Waals surface area contributed by atoms with Gasteiger partial charge in [-0.3, -0.25) is 4.79 Å². The molecule has 3 aliphatic rings. The van der Waals surface area contributed by atoms with E-state index in [0.717, 1.165) is 37.9 Å². The Balaban J connectivity index is 1.51. The summed E-state index contributed by atoms with van der Waals surface area (Å²) in [5.74, 6) is 0.601. The maximum atomic E-state index is 14.4. The number of nitrogens with one attached hydrogen (secondary N) is 1. The Hall–Kier alpha value is -1.88. The summed E-state index contributed by atoms with van der Waals surface area (Å²) in [4.78, 5) is 16.7. The van der Waals surface area contributed by atoms with Crippen LogP contribution < -0.4 is 5.32 Å². The maximum absolute atomic E-state index is 14.4. The number of hydrogen-bond acceptors (Lipinski definition) is 3. The van der Waals surface area contributed by atoms with Gasteiger partial charge in [0.2, 0.25) is 5.91 Å². The zero-order chi connectivity index (χ0) is 22.0. The number of carbonyl (C=O) groups is 1. The SMILES string of the molecule is O=C(N1C[C@@H](c2ccccc2)[C@@H]2NCCCCC[C@@H]21)C1(c2ccc(Cl)cc2)CCOCC1. The number of fused-ring (bicyclic) bond motifs is 1. The number of hydrogen-bond donors (Lipinski definition) is 1. The van der Waals surface area contributed by atoms with Gasteiger partial charge in [-0.1, -0.05) is 66.9 Å². The van der Waals surface area contributed by atoms with Crippen molar-refractivity contribution in [2.45, 2.75) is 61.9 Å². The van der Waals surface area contributed by atoms with Crippen LogP contribution in [-0.2, 0) is 14.9 Å². The molecule has 2 aromatic carbocycles. The van der Waals surface area contributed by atoms with Crippen LogP contribution in [0.2, 0.25) is 5.02 Å². The second kappa shape index (κ2) is 9.54. The van der Waals surface area contributed by atoms with Gasteiger partial charge in [-0.2, -0.15) is 0 Å². The fourth-order valence-corrected chi connectivity index (χ4v) is 6.22. The van der Waals surface area contributed by atoms with Gasteiger partial charge in [-0.25, -0.2) is 0 Å². The molecule has 0 bridgehead atoms. The van der Waals surface area contributed by atoms with Gasteiger partial charge in [0.15, 0.2) is 0 Å². The van der Waals surface area contributed by atoms with E-state index in [0.29, 0.717) is 30.2 Å². The van der Waals surface area contributed by atoms with E-state index < -0.39 is 5.41 Å². The topological polar surface area (TPSA) is 41.6 Å². The molecule has 2 aromatic rings. The van der Waals surface area contributed by atoms with Crippen molar-refractivity contribution in [3.63, 3.8) is 0 Å². The highest BCUT2D eigenvalue weighted by Gasteiger charge is 2.51. The van der Waals surface area contributed by atoms with Crippen molar-refractivity contribution >= 4 is 17.5 Å². The first kappa shape index (κ1) is 21.9. The summed E-state index contributed by atoms with van der Waals surface area (Å²) in [5, 5.41) is 4.55. The number of rotatable bonds is 3. The molecule has 5 heteroatoms. The third-order valence-electron chi connectivity index (χ3n) is 7.84. The zero-order valence-corrected chi connectivity index (χ0v) is 19.4. The largest absolute Gasteiger partial charge is 0.381 e. The van der Waals surface area contributed by atoms with E-state index >= 15 is 0 Å². The smallest absolute Gasteiger partial charge is 0.233 e. The summed E-state index contributed by atoms with van der Waals surface area (Å²) < 4.78 is 5.71. The predicted molar refractivity (Wildman–Crippen MR) is 128 cm³/mol. The first-order valence-electron chi connectivity index (χ1n) is 12.1. The van der Waals surface area contributed by atoms with Crippen LogP contribution in [0.4, 0.5) is 0 Å². The molecule has 0 saturated carbocycles. The Morgan fingerprint density at radius 1 is 1.00 bits per heavy atom. The molecule has 3 heterocycles. The molecule has 1 amide bonds. The summed E-state index contributed by atoms with van der Waals surface area (Å²) in [7, 11) is 0. The predicted octanol–water partition coefficient (Wildman–Crippen LogP) is 4.92. The van der Waals surface area contributed by atoms with Crippen molar-refractivity contribution in [2.75, 3.05) is 26.3 Å². The monoisotopic (exact) mass is 452 g/mol. The van der Waals surface area contributed by atoms with Crippen LogP contribution >= 0.6 is 11.6 Å². The Labute approximate surface area is 196 Å². The maximum Gasteiger partial charge on any atom is 0.233 e. The molecule has 3 saturated heterocycles. The van der Waals surface area contributed by atoms with Crippen molar-refractivity contribution < 1.29 is 9.53 Å². The van der Waals surface area contributed by atoms with Crippen molar-refractivity contribution in [1.29, 1.82) is 0 Å². The Kier molecular flexibility index (Phi) is 6.54. The van der Waals surface area contributed by atoms with E-state index in [1.807, 2.05) is 24.3 Å². The molecule has 0 spiro atoms. The van der Waals surface area contributed by atoms with Gasteiger partial charge < -0.3 is 15.0 Å². The van der Waals surface area contributed by atoms with E-state index in [9.17, 15) is 4.79 Å². The lowest BCUT2D eigenvalue weighted by molar-refractivity contribution is -0.142. The van der Waals surface area contributed by atoms with E-state index in [2.05, 4.69) is 40.5 Å². The highest BCUT2D eigenvalue weighted by atomic mass is 35.5. The molecule has 4 nitrogen and oxygen atoms in total. The first-order chi connectivity index (χ1) is 15.7. The molecule has 5 rings (SSSR count). The minimum atomic E-state index is -0.526. The Morgan fingerprint density at radius 2 is 1.75 bits per heavy atom. The molecular formula is C27H33ClN2O2. The summed E-state index contributed by atoms with van der Waals surface area (Å²) >= 11 is 6.19. The average molecular weight is 453 g/mol. The Morgan fingerprint density at radius 3 is 2.50 bits per heavy atom. The molecule has 0 aliphatic carbocycles. The van der Waals surface area contributed by atoms with Crippen LogP contribution in [0.15, 0.2) is 54.6 Å². The van der Waals surface area contributed by atoms with Gasteiger partial charge >= 0.3 is 0 Å². The molecule has 0 aromatic heterocycles. The standard InChI is InChI=1S/C27H33ClN2O2/c28-22-12-10-21(11-13-22)27(14-17-32-18-15-27)26(31)30-19-23(20-7-3-1-4-8-20)25-24(30)9-5-2-6-16-29-25/h1,3-4,7-8,10-13,23-25,29H,2,5-6,9,14-19H2/t23-,24-,25-/m0/s1. The minimum absolute atomic E-state index is 0.236. The number of halogens is 1. The van der Waals surface area contributed by atoms with Gasteiger partial charge in [0.25, 0.3) is 0 Å². The third kappa shape index (κ3) is 4.09. The summed E-state index contributed by atoms with van der Waals surface area (Å²) in [5.41, 5.74) is 1.88. The minimum Gasteiger partial charge on any atom is -0.381 e. The average Bonchev–Trinajstić information content (AvgIpc) is 3.17.